The molecule has 0 atom stereocenters. The number of hydrogen-bond donors (Lipinski definition) is 2. The minimum atomic E-state index is -3.69. The molecule has 2 N–H and O–H groups in total. The van der Waals surface area contributed by atoms with Gasteiger partial charge in [-0.15, -0.1) is 10.2 Å². The Morgan fingerprint density at radius 3 is 2.53 bits per heavy atom. The van der Waals surface area contributed by atoms with Crippen LogP contribution >= 0.6 is 0 Å². The number of aromatic nitrogens is 4. The highest BCUT2D eigenvalue weighted by molar-refractivity contribution is 7.93. The van der Waals surface area contributed by atoms with E-state index in [0.29, 0.717) is 30.8 Å². The first-order valence-corrected chi connectivity index (χ1v) is 12.2. The Bertz CT molecular complexity index is 1370. The quantitative estimate of drug-likeness (QED) is 0.317. The number of fused-ring (bicyclic) bond motifs is 1. The van der Waals surface area contributed by atoms with Crippen molar-refractivity contribution in [3.05, 3.63) is 89.6 Å². The molecule has 2 aromatic heterocycles. The third-order valence-corrected chi connectivity index (χ3v) is 6.59. The second-order valence-corrected chi connectivity index (χ2v) is 9.46. The second kappa shape index (κ2) is 10.6. The Hall–Kier alpha value is -3.60. The predicted molar refractivity (Wildman–Crippen MR) is 129 cm³/mol. The maximum atomic E-state index is 11.7. The number of rotatable bonds is 11. The number of benzene rings is 2. The van der Waals surface area contributed by atoms with E-state index in [1.165, 1.54) is 0 Å². The van der Waals surface area contributed by atoms with E-state index in [1.807, 2.05) is 66.7 Å². The van der Waals surface area contributed by atoms with Crippen molar-refractivity contribution in [2.45, 2.75) is 12.8 Å². The molecule has 34 heavy (non-hydrogen) atoms. The van der Waals surface area contributed by atoms with E-state index in [0.717, 1.165) is 22.6 Å². The minimum Gasteiger partial charge on any atom is -0.494 e. The van der Waals surface area contributed by atoms with Gasteiger partial charge < -0.3 is 9.84 Å². The molecular formula is C24H25N5O4S. The molecule has 4 rings (SSSR count). The van der Waals surface area contributed by atoms with Gasteiger partial charge in [0.2, 0.25) is 10.0 Å². The molecule has 0 aliphatic carbocycles. The van der Waals surface area contributed by atoms with Crippen molar-refractivity contribution >= 4 is 15.7 Å². The fourth-order valence-corrected chi connectivity index (χ4v) is 4.04. The topological polar surface area (TPSA) is 119 Å². The number of aliphatic hydroxyl groups excluding tert-OH is 1. The summed E-state index contributed by atoms with van der Waals surface area (Å²) < 4.78 is 33.2. The molecule has 0 saturated carbocycles. The smallest absolute Gasteiger partial charge is 0.238 e. The van der Waals surface area contributed by atoms with Crippen molar-refractivity contribution < 1.29 is 18.3 Å². The van der Waals surface area contributed by atoms with Crippen molar-refractivity contribution in [2.75, 3.05) is 19.8 Å². The van der Waals surface area contributed by atoms with Gasteiger partial charge in [0.05, 0.1) is 23.8 Å². The number of nitrogens with one attached hydrogen (secondary N) is 1. The lowest BCUT2D eigenvalue weighted by molar-refractivity contribution is 0.311. The monoisotopic (exact) mass is 479 g/mol. The van der Waals surface area contributed by atoms with Crippen LogP contribution in [0.25, 0.3) is 16.9 Å². The van der Waals surface area contributed by atoms with Crippen LogP contribution in [0.3, 0.4) is 0 Å². The van der Waals surface area contributed by atoms with Gasteiger partial charge in [-0.2, -0.15) is 9.61 Å². The fourth-order valence-electron chi connectivity index (χ4n) is 3.25. The molecule has 0 amide bonds. The van der Waals surface area contributed by atoms with Crippen molar-refractivity contribution in [1.82, 2.24) is 24.5 Å². The molecule has 0 aliphatic heterocycles. The largest absolute Gasteiger partial charge is 0.494 e. The number of hydrogen-bond acceptors (Lipinski definition) is 7. The maximum absolute atomic E-state index is 11.7. The molecule has 0 bridgehead atoms. The van der Waals surface area contributed by atoms with Crippen LogP contribution in [-0.2, 0) is 16.4 Å². The first kappa shape index (κ1) is 23.6. The van der Waals surface area contributed by atoms with Gasteiger partial charge in [0.15, 0.2) is 11.5 Å². The summed E-state index contributed by atoms with van der Waals surface area (Å²) in [7, 11) is -3.69. The summed E-state index contributed by atoms with van der Waals surface area (Å²) in [6.07, 6.45) is 1.03. The highest BCUT2D eigenvalue weighted by Crippen LogP contribution is 2.19. The van der Waals surface area contributed by atoms with Gasteiger partial charge in [0, 0.05) is 18.5 Å². The van der Waals surface area contributed by atoms with Gasteiger partial charge in [-0.3, -0.25) is 0 Å². The van der Waals surface area contributed by atoms with Crippen molar-refractivity contribution in [3.63, 3.8) is 0 Å². The molecule has 0 spiro atoms. The second-order valence-electron chi connectivity index (χ2n) is 7.59. The zero-order valence-corrected chi connectivity index (χ0v) is 19.3. The third kappa shape index (κ3) is 5.66. The highest BCUT2D eigenvalue weighted by Gasteiger charge is 2.13. The van der Waals surface area contributed by atoms with Gasteiger partial charge >= 0.3 is 0 Å². The van der Waals surface area contributed by atoms with E-state index in [1.54, 1.807) is 4.52 Å². The molecule has 4 aromatic rings. The van der Waals surface area contributed by atoms with Crippen LogP contribution in [0.1, 0.15) is 17.8 Å². The average molecular weight is 480 g/mol. The summed E-state index contributed by atoms with van der Waals surface area (Å²) in [5.74, 6) is 1.42. The van der Waals surface area contributed by atoms with E-state index >= 15 is 0 Å². The number of nitrogens with zero attached hydrogens (tertiary/aromatic N) is 4. The molecule has 0 saturated heterocycles. The number of aliphatic hydroxyl groups is 1. The Balaban J connectivity index is 1.33. The van der Waals surface area contributed by atoms with Gasteiger partial charge in [-0.25, -0.2) is 13.1 Å². The van der Waals surface area contributed by atoms with Crippen LogP contribution < -0.4 is 9.46 Å². The first-order chi connectivity index (χ1) is 16.5. The zero-order chi connectivity index (χ0) is 24.0. The van der Waals surface area contributed by atoms with Crippen LogP contribution in [0.5, 0.6) is 5.75 Å². The molecular weight excluding hydrogens is 454 g/mol. The van der Waals surface area contributed by atoms with Crippen LogP contribution in [0, 0.1) is 0 Å². The fraction of sp³-hybridized carbons (Fsp3) is 0.208. The maximum Gasteiger partial charge on any atom is 0.238 e. The Morgan fingerprint density at radius 1 is 1.03 bits per heavy atom. The zero-order valence-electron chi connectivity index (χ0n) is 18.5. The van der Waals surface area contributed by atoms with Gasteiger partial charge in [-0.1, -0.05) is 49.0 Å². The van der Waals surface area contributed by atoms with E-state index in [4.69, 9.17) is 14.9 Å². The predicted octanol–water partition coefficient (Wildman–Crippen LogP) is 2.58. The minimum absolute atomic E-state index is 0.192. The van der Waals surface area contributed by atoms with Gasteiger partial charge in [-0.05, 0) is 36.2 Å². The first-order valence-electron chi connectivity index (χ1n) is 10.7. The van der Waals surface area contributed by atoms with Gasteiger partial charge in [0.1, 0.15) is 5.75 Å². The van der Waals surface area contributed by atoms with E-state index < -0.39 is 16.6 Å². The third-order valence-electron chi connectivity index (χ3n) is 5.12. The molecule has 2 aromatic carbocycles. The summed E-state index contributed by atoms with van der Waals surface area (Å²) >= 11 is 0. The number of sulfonamides is 1. The lowest BCUT2D eigenvalue weighted by Gasteiger charge is -2.09. The molecule has 10 heteroatoms. The summed E-state index contributed by atoms with van der Waals surface area (Å²) in [5, 5.41) is 22.1. The molecule has 0 aliphatic rings. The van der Waals surface area contributed by atoms with Crippen LogP contribution in [0.2, 0.25) is 0 Å². The Morgan fingerprint density at radius 2 is 1.79 bits per heavy atom. The van der Waals surface area contributed by atoms with Crippen molar-refractivity contribution in [2.24, 2.45) is 0 Å². The highest BCUT2D eigenvalue weighted by atomic mass is 32.2. The summed E-state index contributed by atoms with van der Waals surface area (Å²) in [6.45, 7) is 3.24. The average Bonchev–Trinajstić information content (AvgIpc) is 3.26. The summed E-state index contributed by atoms with van der Waals surface area (Å²) in [5.41, 5.74) is 3.59. The summed E-state index contributed by atoms with van der Waals surface area (Å²) in [6, 6.07) is 21.4. The molecule has 2 heterocycles. The summed E-state index contributed by atoms with van der Waals surface area (Å²) in [4.78, 5) is -0.254. The molecule has 0 radical (unpaired) electrons. The van der Waals surface area contributed by atoms with E-state index in [9.17, 15) is 8.42 Å². The van der Waals surface area contributed by atoms with Crippen LogP contribution in [-0.4, -0.2) is 53.1 Å². The van der Waals surface area contributed by atoms with Gasteiger partial charge in [0.25, 0.3) is 0 Å². The van der Waals surface area contributed by atoms with Crippen LogP contribution in [0.4, 0.5) is 0 Å². The number of ether oxygens (including phenoxy) is 1. The van der Waals surface area contributed by atoms with Crippen molar-refractivity contribution in [3.8, 4) is 17.0 Å². The van der Waals surface area contributed by atoms with Crippen molar-refractivity contribution in [1.29, 1.82) is 0 Å². The standard InChI is InChI=1S/C24H25N5O4S/c1-18(17-30)34(31,32)25-14-5-15-33-21-10-8-19(9-11-21)16-24-27-26-23-13-12-22(28-29(23)24)20-6-3-2-4-7-20/h2-4,6-13,25,30H,1,5,14-17H2. The Labute approximate surface area is 197 Å². The SMILES string of the molecule is C=C(CO)S(=O)(=O)NCCCOc1ccc(Cc2nnc3ccc(-c4ccccc4)nn23)cc1. The van der Waals surface area contributed by atoms with E-state index in [2.05, 4.69) is 21.5 Å². The lowest BCUT2D eigenvalue weighted by Crippen LogP contribution is -2.27. The molecule has 176 valence electrons. The molecule has 0 fully saturated rings. The normalized spacial score (nSPS) is 11.6. The lowest BCUT2D eigenvalue weighted by atomic mass is 10.1. The molecule has 0 unspecified atom stereocenters. The Kier molecular flexibility index (Phi) is 7.31. The molecule has 9 nitrogen and oxygen atoms in total. The van der Waals surface area contributed by atoms with E-state index in [-0.39, 0.29) is 11.4 Å². The van der Waals surface area contributed by atoms with Crippen LogP contribution in [0.15, 0.2) is 78.2 Å².